The fraction of sp³-hybridized carbons (Fsp3) is 0.333. The summed E-state index contributed by atoms with van der Waals surface area (Å²) in [5.41, 5.74) is 4.97. The molecular formula is C15H18Cl3N7O2. The second-order valence-electron chi connectivity index (χ2n) is 6.08. The number of hydrogen-bond donors (Lipinski definition) is 4. The lowest BCUT2D eigenvalue weighted by atomic mass is 9.98. The molecule has 2 aromatic heterocycles. The summed E-state index contributed by atoms with van der Waals surface area (Å²) in [6.07, 6.45) is 2.50. The summed E-state index contributed by atoms with van der Waals surface area (Å²) in [7, 11) is 0. The van der Waals surface area contributed by atoms with Crippen LogP contribution in [-0.4, -0.2) is 33.5 Å². The van der Waals surface area contributed by atoms with Crippen molar-refractivity contribution >= 4 is 59.6 Å². The van der Waals surface area contributed by atoms with Gasteiger partial charge in [-0.05, 0) is 19.2 Å². The predicted octanol–water partition coefficient (Wildman–Crippen LogP) is 1.24. The number of carbonyl (C=O) groups is 1. The van der Waals surface area contributed by atoms with Crippen molar-refractivity contribution in [3.63, 3.8) is 0 Å². The number of nitrogen functional groups attached to an aromatic ring is 1. The molecule has 1 fully saturated rings. The number of pyridine rings is 1. The van der Waals surface area contributed by atoms with Crippen molar-refractivity contribution in [3.8, 4) is 0 Å². The van der Waals surface area contributed by atoms with Gasteiger partial charge in [-0.2, -0.15) is 0 Å². The molecule has 2 aliphatic rings. The van der Waals surface area contributed by atoms with E-state index in [2.05, 4.69) is 25.9 Å². The van der Waals surface area contributed by atoms with E-state index in [4.69, 9.17) is 17.3 Å². The van der Waals surface area contributed by atoms with E-state index in [1.165, 1.54) is 23.0 Å². The quantitative estimate of drug-likeness (QED) is 0.560. The van der Waals surface area contributed by atoms with E-state index in [0.717, 1.165) is 0 Å². The largest absolute Gasteiger partial charge is 0.384 e. The molecule has 0 atom stereocenters. The van der Waals surface area contributed by atoms with Crippen LogP contribution in [-0.2, 0) is 5.66 Å². The number of fused-ring (bicyclic) bond motifs is 2. The number of nitrogens with zero attached hydrogens (tertiary/aromatic N) is 3. The van der Waals surface area contributed by atoms with Gasteiger partial charge in [-0.1, -0.05) is 11.6 Å². The lowest BCUT2D eigenvalue weighted by molar-refractivity contribution is 0.0886. The molecular weight excluding hydrogens is 417 g/mol. The van der Waals surface area contributed by atoms with E-state index in [9.17, 15) is 9.59 Å². The van der Waals surface area contributed by atoms with Gasteiger partial charge < -0.3 is 21.7 Å². The van der Waals surface area contributed by atoms with Gasteiger partial charge in [0.25, 0.3) is 11.5 Å². The number of hydrogen-bond acceptors (Lipinski definition) is 7. The Bertz CT molecular complexity index is 928. The maximum atomic E-state index is 13.1. The summed E-state index contributed by atoms with van der Waals surface area (Å²) in [5.74, 6) is 0.316. The third kappa shape index (κ3) is 3.55. The molecule has 2 aliphatic heterocycles. The van der Waals surface area contributed by atoms with Crippen molar-refractivity contribution in [3.05, 3.63) is 39.5 Å². The van der Waals surface area contributed by atoms with Crippen molar-refractivity contribution in [2.75, 3.05) is 24.1 Å². The highest BCUT2D eigenvalue weighted by Crippen LogP contribution is 2.34. The lowest BCUT2D eigenvalue weighted by Gasteiger charge is -2.35. The van der Waals surface area contributed by atoms with Crippen LogP contribution in [0.4, 0.5) is 17.3 Å². The van der Waals surface area contributed by atoms with Crippen molar-refractivity contribution in [1.82, 2.24) is 25.2 Å². The van der Waals surface area contributed by atoms with Crippen LogP contribution in [0, 0.1) is 0 Å². The van der Waals surface area contributed by atoms with Crippen LogP contribution in [0.15, 0.2) is 23.3 Å². The Morgan fingerprint density at radius 3 is 2.56 bits per heavy atom. The Kier molecular flexibility index (Phi) is 6.21. The summed E-state index contributed by atoms with van der Waals surface area (Å²) in [5, 5.41) is 9.30. The first-order valence-corrected chi connectivity index (χ1v) is 8.22. The summed E-state index contributed by atoms with van der Waals surface area (Å²) >= 11 is 6.31. The van der Waals surface area contributed by atoms with Gasteiger partial charge in [0.05, 0.1) is 5.02 Å². The van der Waals surface area contributed by atoms with E-state index in [0.29, 0.717) is 31.7 Å². The Labute approximate surface area is 171 Å². The van der Waals surface area contributed by atoms with Gasteiger partial charge in [-0.15, -0.1) is 24.8 Å². The van der Waals surface area contributed by atoms with Gasteiger partial charge >= 0.3 is 0 Å². The third-order valence-electron chi connectivity index (χ3n) is 4.53. The standard InChI is InChI=1S/C15H16ClN7O2.2ClH/c16-8-5-9(21-11-6-10(17)19-7-20-11)14(25)23-12(8)13(24)22-15(23)1-3-18-4-2-15;;/h5-7,18H,1-4H2,(H,22,24)(H3,17,19,20,21);2*1H. The number of rotatable bonds is 2. The monoisotopic (exact) mass is 433 g/mol. The Morgan fingerprint density at radius 2 is 1.89 bits per heavy atom. The molecule has 0 bridgehead atoms. The summed E-state index contributed by atoms with van der Waals surface area (Å²) < 4.78 is 1.48. The fourth-order valence-corrected chi connectivity index (χ4v) is 3.67. The minimum absolute atomic E-state index is 0. The molecule has 1 amide bonds. The second-order valence-corrected chi connectivity index (χ2v) is 6.49. The van der Waals surface area contributed by atoms with E-state index < -0.39 is 5.66 Å². The molecule has 9 nitrogen and oxygen atoms in total. The maximum Gasteiger partial charge on any atom is 0.276 e. The average molecular weight is 435 g/mol. The molecule has 5 N–H and O–H groups in total. The summed E-state index contributed by atoms with van der Waals surface area (Å²) in [4.78, 5) is 33.3. The number of halogens is 3. The zero-order chi connectivity index (χ0) is 17.6. The van der Waals surface area contributed by atoms with Gasteiger partial charge in [0.2, 0.25) is 0 Å². The lowest BCUT2D eigenvalue weighted by Crippen LogP contribution is -2.53. The smallest absolute Gasteiger partial charge is 0.276 e. The first-order valence-electron chi connectivity index (χ1n) is 7.84. The topological polar surface area (TPSA) is 127 Å². The normalized spacial score (nSPS) is 16.7. The highest BCUT2D eigenvalue weighted by Gasteiger charge is 2.45. The van der Waals surface area contributed by atoms with Gasteiger partial charge in [-0.25, -0.2) is 9.97 Å². The van der Waals surface area contributed by atoms with Crippen LogP contribution < -0.4 is 27.2 Å². The Hall–Kier alpha value is -2.07. The van der Waals surface area contributed by atoms with Gasteiger partial charge in [-0.3, -0.25) is 14.2 Å². The first-order chi connectivity index (χ1) is 12.0. The number of anilines is 3. The van der Waals surface area contributed by atoms with E-state index >= 15 is 0 Å². The predicted molar refractivity (Wildman–Crippen MR) is 107 cm³/mol. The zero-order valence-corrected chi connectivity index (χ0v) is 16.4. The van der Waals surface area contributed by atoms with Crippen molar-refractivity contribution < 1.29 is 4.79 Å². The third-order valence-corrected chi connectivity index (χ3v) is 4.81. The number of aromatic nitrogens is 3. The van der Waals surface area contributed by atoms with Gasteiger partial charge in [0, 0.05) is 18.9 Å². The van der Waals surface area contributed by atoms with Gasteiger partial charge in [0.15, 0.2) is 0 Å². The molecule has 1 spiro atoms. The molecule has 0 radical (unpaired) electrons. The second kappa shape index (κ2) is 7.89. The molecule has 12 heteroatoms. The molecule has 0 unspecified atom stereocenters. The average Bonchev–Trinajstić information content (AvgIpc) is 2.85. The van der Waals surface area contributed by atoms with Crippen LogP contribution >= 0.6 is 36.4 Å². The van der Waals surface area contributed by atoms with Crippen molar-refractivity contribution in [2.24, 2.45) is 0 Å². The van der Waals surface area contributed by atoms with Crippen molar-refractivity contribution in [2.45, 2.75) is 18.5 Å². The SMILES string of the molecule is Cl.Cl.Nc1cc(Nc2cc(Cl)c3n(c2=O)C2(CCNCC2)NC3=O)ncn1. The summed E-state index contributed by atoms with van der Waals surface area (Å²) in [6.45, 7) is 1.40. The van der Waals surface area contributed by atoms with Crippen LogP contribution in [0.1, 0.15) is 23.3 Å². The number of piperidine rings is 1. The number of amides is 1. The number of nitrogens with one attached hydrogen (secondary N) is 3. The minimum atomic E-state index is -0.749. The highest BCUT2D eigenvalue weighted by molar-refractivity contribution is 6.34. The molecule has 0 aromatic carbocycles. The number of carbonyl (C=O) groups excluding carboxylic acids is 1. The molecule has 146 valence electrons. The van der Waals surface area contributed by atoms with E-state index in [1.54, 1.807) is 0 Å². The molecule has 0 saturated carbocycles. The number of nitrogens with two attached hydrogens (primary N) is 1. The van der Waals surface area contributed by atoms with E-state index in [-0.39, 0.29) is 58.5 Å². The van der Waals surface area contributed by atoms with E-state index in [1.807, 2.05) is 0 Å². The van der Waals surface area contributed by atoms with Crippen LogP contribution in [0.3, 0.4) is 0 Å². The fourth-order valence-electron chi connectivity index (χ4n) is 3.39. The van der Waals surface area contributed by atoms with Crippen LogP contribution in [0.2, 0.25) is 5.02 Å². The zero-order valence-electron chi connectivity index (χ0n) is 14.0. The molecule has 2 aromatic rings. The summed E-state index contributed by atoms with van der Waals surface area (Å²) in [6, 6.07) is 2.95. The first kappa shape index (κ1) is 21.2. The Morgan fingerprint density at radius 1 is 1.19 bits per heavy atom. The molecule has 4 heterocycles. The highest BCUT2D eigenvalue weighted by atomic mass is 35.5. The molecule has 0 aliphatic carbocycles. The molecule has 4 rings (SSSR count). The van der Waals surface area contributed by atoms with Gasteiger partial charge in [0.1, 0.15) is 35.0 Å². The maximum absolute atomic E-state index is 13.1. The Balaban J connectivity index is 0.00000131. The van der Waals surface area contributed by atoms with Crippen molar-refractivity contribution in [1.29, 1.82) is 0 Å². The van der Waals surface area contributed by atoms with Crippen LogP contribution in [0.25, 0.3) is 0 Å². The minimum Gasteiger partial charge on any atom is -0.384 e. The molecule has 27 heavy (non-hydrogen) atoms. The van der Waals surface area contributed by atoms with Crippen LogP contribution in [0.5, 0.6) is 0 Å². The molecule has 1 saturated heterocycles.